The SMILES string of the molecule is C=CCCC(C)Nc1ccc(OCC(F)(F)F)cc1. The molecule has 1 aromatic carbocycles. The van der Waals surface area contributed by atoms with Crippen LogP contribution < -0.4 is 10.1 Å². The third kappa shape index (κ3) is 6.74. The quantitative estimate of drug-likeness (QED) is 0.744. The first-order valence-electron chi connectivity index (χ1n) is 6.08. The summed E-state index contributed by atoms with van der Waals surface area (Å²) in [7, 11) is 0. The number of hydrogen-bond acceptors (Lipinski definition) is 2. The first-order valence-corrected chi connectivity index (χ1v) is 6.08. The lowest BCUT2D eigenvalue weighted by Crippen LogP contribution is -2.19. The maximum absolute atomic E-state index is 12.0. The highest BCUT2D eigenvalue weighted by molar-refractivity contribution is 5.46. The smallest absolute Gasteiger partial charge is 0.422 e. The summed E-state index contributed by atoms with van der Waals surface area (Å²) in [6.07, 6.45) is -0.584. The number of ether oxygens (including phenoxy) is 1. The number of hydrogen-bond donors (Lipinski definition) is 1. The summed E-state index contributed by atoms with van der Waals surface area (Å²) < 4.78 is 40.5. The lowest BCUT2D eigenvalue weighted by molar-refractivity contribution is -0.153. The molecule has 2 nitrogen and oxygen atoms in total. The number of nitrogens with one attached hydrogen (secondary N) is 1. The Balaban J connectivity index is 2.45. The zero-order chi connectivity index (χ0) is 14.3. The molecule has 0 amide bonds. The minimum atomic E-state index is -4.31. The summed E-state index contributed by atoms with van der Waals surface area (Å²) in [5.41, 5.74) is 0.857. The van der Waals surface area contributed by atoms with Gasteiger partial charge in [-0.2, -0.15) is 13.2 Å². The summed E-state index contributed by atoms with van der Waals surface area (Å²) in [5, 5.41) is 3.25. The zero-order valence-corrected chi connectivity index (χ0v) is 10.8. The maximum atomic E-state index is 12.0. The predicted molar refractivity (Wildman–Crippen MR) is 70.5 cm³/mol. The molecule has 0 spiro atoms. The molecule has 0 fully saturated rings. The highest BCUT2D eigenvalue weighted by Crippen LogP contribution is 2.20. The van der Waals surface area contributed by atoms with E-state index in [9.17, 15) is 13.2 Å². The molecule has 0 radical (unpaired) electrons. The fourth-order valence-electron chi connectivity index (χ4n) is 1.54. The van der Waals surface area contributed by atoms with Crippen molar-refractivity contribution in [1.29, 1.82) is 0 Å². The fraction of sp³-hybridized carbons (Fsp3) is 0.429. The summed E-state index contributed by atoms with van der Waals surface area (Å²) in [5.74, 6) is 0.210. The van der Waals surface area contributed by atoms with Crippen molar-refractivity contribution in [3.8, 4) is 5.75 Å². The second-order valence-electron chi connectivity index (χ2n) is 4.34. The molecule has 1 atom stereocenters. The molecule has 1 unspecified atom stereocenters. The van der Waals surface area contributed by atoms with E-state index in [0.29, 0.717) is 0 Å². The third-order valence-electron chi connectivity index (χ3n) is 2.47. The van der Waals surface area contributed by atoms with E-state index in [1.54, 1.807) is 12.1 Å². The molecule has 19 heavy (non-hydrogen) atoms. The van der Waals surface area contributed by atoms with Crippen LogP contribution in [0.1, 0.15) is 19.8 Å². The molecule has 5 heteroatoms. The van der Waals surface area contributed by atoms with Crippen molar-refractivity contribution >= 4 is 5.69 Å². The summed E-state index contributed by atoms with van der Waals surface area (Å²) in [6.45, 7) is 4.43. The predicted octanol–water partition coefficient (Wildman–Crippen LogP) is 4.39. The van der Waals surface area contributed by atoms with Crippen LogP contribution in [0.5, 0.6) is 5.75 Å². The van der Waals surface area contributed by atoms with Crippen LogP contribution in [0.3, 0.4) is 0 Å². The Bertz CT molecular complexity index is 387. The molecule has 0 aliphatic heterocycles. The van der Waals surface area contributed by atoms with Crippen LogP contribution in [0.15, 0.2) is 36.9 Å². The summed E-state index contributed by atoms with van der Waals surface area (Å²) in [4.78, 5) is 0. The van der Waals surface area contributed by atoms with Gasteiger partial charge in [0.1, 0.15) is 5.75 Å². The van der Waals surface area contributed by atoms with Crippen LogP contribution in [-0.4, -0.2) is 18.8 Å². The van der Waals surface area contributed by atoms with Gasteiger partial charge in [-0.15, -0.1) is 6.58 Å². The Morgan fingerprint density at radius 1 is 1.32 bits per heavy atom. The zero-order valence-electron chi connectivity index (χ0n) is 10.8. The van der Waals surface area contributed by atoms with E-state index in [4.69, 9.17) is 0 Å². The summed E-state index contributed by atoms with van der Waals surface area (Å²) >= 11 is 0. The minimum absolute atomic E-state index is 0.210. The van der Waals surface area contributed by atoms with Gasteiger partial charge in [0.15, 0.2) is 6.61 Å². The van der Waals surface area contributed by atoms with E-state index in [2.05, 4.69) is 16.6 Å². The van der Waals surface area contributed by atoms with Crippen molar-refractivity contribution in [2.75, 3.05) is 11.9 Å². The number of allylic oxidation sites excluding steroid dienone is 1. The summed E-state index contributed by atoms with van der Waals surface area (Å²) in [6, 6.07) is 6.73. The Morgan fingerprint density at radius 3 is 2.47 bits per heavy atom. The van der Waals surface area contributed by atoms with Crippen LogP contribution in [0.2, 0.25) is 0 Å². The van der Waals surface area contributed by atoms with Gasteiger partial charge in [0.05, 0.1) is 0 Å². The van der Waals surface area contributed by atoms with E-state index >= 15 is 0 Å². The Kier molecular flexibility index (Phi) is 5.73. The van der Waals surface area contributed by atoms with E-state index < -0.39 is 12.8 Å². The van der Waals surface area contributed by atoms with Crippen LogP contribution >= 0.6 is 0 Å². The first kappa shape index (κ1) is 15.4. The van der Waals surface area contributed by atoms with Crippen molar-refractivity contribution in [3.63, 3.8) is 0 Å². The van der Waals surface area contributed by atoms with E-state index in [1.165, 1.54) is 12.1 Å². The molecule has 1 aromatic rings. The standard InChI is InChI=1S/C14H18F3NO/c1-3-4-5-11(2)18-12-6-8-13(9-7-12)19-10-14(15,16)17/h3,6-9,11,18H,1,4-5,10H2,2H3. The second-order valence-corrected chi connectivity index (χ2v) is 4.34. The van der Waals surface area contributed by atoms with Crippen molar-refractivity contribution in [3.05, 3.63) is 36.9 Å². The normalized spacial score (nSPS) is 12.8. The topological polar surface area (TPSA) is 21.3 Å². The Hall–Kier alpha value is -1.65. The molecule has 106 valence electrons. The number of anilines is 1. The molecule has 1 N–H and O–H groups in total. The first-order chi connectivity index (χ1) is 8.90. The lowest BCUT2D eigenvalue weighted by Gasteiger charge is -2.15. The molecule has 0 aromatic heterocycles. The third-order valence-corrected chi connectivity index (χ3v) is 2.47. The van der Waals surface area contributed by atoms with E-state index in [0.717, 1.165) is 18.5 Å². The van der Waals surface area contributed by atoms with Gasteiger partial charge in [0.2, 0.25) is 0 Å². The molecule has 0 aliphatic rings. The Labute approximate surface area is 111 Å². The second kappa shape index (κ2) is 7.07. The average molecular weight is 273 g/mol. The van der Waals surface area contributed by atoms with Gasteiger partial charge in [0.25, 0.3) is 0 Å². The molecule has 1 rings (SSSR count). The molecule has 0 saturated heterocycles. The van der Waals surface area contributed by atoms with Crippen LogP contribution in [-0.2, 0) is 0 Å². The fourth-order valence-corrected chi connectivity index (χ4v) is 1.54. The molecular weight excluding hydrogens is 255 g/mol. The molecular formula is C14H18F3NO. The highest BCUT2D eigenvalue weighted by Gasteiger charge is 2.28. The van der Waals surface area contributed by atoms with Gasteiger partial charge in [-0.05, 0) is 44.0 Å². The molecule has 0 heterocycles. The Morgan fingerprint density at radius 2 is 1.95 bits per heavy atom. The number of benzene rings is 1. The number of alkyl halides is 3. The number of rotatable bonds is 7. The van der Waals surface area contributed by atoms with Crippen molar-refractivity contribution in [2.45, 2.75) is 32.0 Å². The van der Waals surface area contributed by atoms with E-state index in [1.807, 2.05) is 13.0 Å². The largest absolute Gasteiger partial charge is 0.484 e. The molecule has 0 bridgehead atoms. The van der Waals surface area contributed by atoms with Gasteiger partial charge in [-0.25, -0.2) is 0 Å². The monoisotopic (exact) mass is 273 g/mol. The van der Waals surface area contributed by atoms with Crippen molar-refractivity contribution in [1.82, 2.24) is 0 Å². The van der Waals surface area contributed by atoms with Crippen LogP contribution in [0.4, 0.5) is 18.9 Å². The van der Waals surface area contributed by atoms with Gasteiger partial charge in [0, 0.05) is 11.7 Å². The lowest BCUT2D eigenvalue weighted by atomic mass is 10.1. The molecule has 0 aliphatic carbocycles. The van der Waals surface area contributed by atoms with Gasteiger partial charge in [-0.1, -0.05) is 6.08 Å². The van der Waals surface area contributed by atoms with Crippen LogP contribution in [0.25, 0.3) is 0 Å². The molecule has 0 saturated carbocycles. The van der Waals surface area contributed by atoms with Crippen molar-refractivity contribution in [2.24, 2.45) is 0 Å². The number of halogens is 3. The van der Waals surface area contributed by atoms with Gasteiger partial charge in [-0.3, -0.25) is 0 Å². The van der Waals surface area contributed by atoms with Crippen molar-refractivity contribution < 1.29 is 17.9 Å². The minimum Gasteiger partial charge on any atom is -0.484 e. The average Bonchev–Trinajstić information content (AvgIpc) is 2.34. The van der Waals surface area contributed by atoms with Crippen LogP contribution in [0, 0.1) is 0 Å². The van der Waals surface area contributed by atoms with E-state index in [-0.39, 0.29) is 11.8 Å². The highest BCUT2D eigenvalue weighted by atomic mass is 19.4. The maximum Gasteiger partial charge on any atom is 0.422 e. The van der Waals surface area contributed by atoms with Gasteiger partial charge >= 0.3 is 6.18 Å². The van der Waals surface area contributed by atoms with Gasteiger partial charge < -0.3 is 10.1 Å².